The zero-order chi connectivity index (χ0) is 30.2. The highest BCUT2D eigenvalue weighted by molar-refractivity contribution is 5.71. The normalized spacial score (nSPS) is 11.8. The Morgan fingerprint density at radius 1 is 0.390 bits per heavy atom. The van der Waals surface area contributed by atoms with E-state index in [1.165, 1.54) is 103 Å². The zero-order valence-electron chi connectivity index (χ0n) is 27.3. The summed E-state index contributed by atoms with van der Waals surface area (Å²) in [5.74, 6) is -0.933. The third kappa shape index (κ3) is 29.7. The fourth-order valence-electron chi connectivity index (χ4n) is 4.95. The molecule has 6 nitrogen and oxygen atoms in total. The lowest BCUT2D eigenvalue weighted by atomic mass is 10.1. The van der Waals surface area contributed by atoms with E-state index in [0.29, 0.717) is 25.7 Å². The first-order valence-electron chi connectivity index (χ1n) is 17.5. The molecule has 0 fully saturated rings. The zero-order valence-corrected chi connectivity index (χ0v) is 27.3. The Morgan fingerprint density at radius 2 is 0.707 bits per heavy atom. The monoisotopic (exact) mass is 582 g/mol. The number of hydrogen-bond donors (Lipinski definition) is 0. The molecule has 0 bridgehead atoms. The average molecular weight is 583 g/mol. The molecule has 41 heavy (non-hydrogen) atoms. The molecule has 0 rings (SSSR count). The minimum absolute atomic E-state index is 0.0692. The van der Waals surface area contributed by atoms with Crippen LogP contribution in [-0.4, -0.2) is 37.2 Å². The first kappa shape index (κ1) is 39.4. The highest BCUT2D eigenvalue weighted by Crippen LogP contribution is 2.14. The van der Waals surface area contributed by atoms with Crippen LogP contribution in [0.3, 0.4) is 0 Å². The van der Waals surface area contributed by atoms with Crippen LogP contribution in [-0.2, 0) is 28.6 Å². The van der Waals surface area contributed by atoms with Crippen LogP contribution in [0.15, 0.2) is 0 Å². The summed E-state index contributed by atoms with van der Waals surface area (Å²) in [5, 5.41) is 0. The van der Waals surface area contributed by atoms with Gasteiger partial charge in [-0.05, 0) is 19.3 Å². The Hall–Kier alpha value is -1.59. The van der Waals surface area contributed by atoms with E-state index in [1.807, 2.05) is 6.92 Å². The Balaban J connectivity index is 4.07. The largest absolute Gasteiger partial charge is 0.462 e. The second kappa shape index (κ2) is 31.3. The van der Waals surface area contributed by atoms with Gasteiger partial charge in [0.2, 0.25) is 0 Å². The van der Waals surface area contributed by atoms with Crippen molar-refractivity contribution in [2.75, 3.05) is 13.2 Å². The van der Waals surface area contributed by atoms with Crippen LogP contribution in [0, 0.1) is 0 Å². The van der Waals surface area contributed by atoms with Crippen molar-refractivity contribution in [1.82, 2.24) is 0 Å². The number of unbranched alkanes of at least 4 members (excludes halogenated alkanes) is 20. The third-order valence-corrected chi connectivity index (χ3v) is 7.58. The predicted octanol–water partition coefficient (Wildman–Crippen LogP) is 10.2. The van der Waals surface area contributed by atoms with Crippen molar-refractivity contribution in [2.24, 2.45) is 0 Å². The molecule has 0 spiro atoms. The molecule has 0 aliphatic carbocycles. The molecule has 0 aliphatic rings. The molecule has 0 aromatic rings. The van der Waals surface area contributed by atoms with Crippen molar-refractivity contribution in [3.63, 3.8) is 0 Å². The quantitative estimate of drug-likeness (QED) is 0.0459. The van der Waals surface area contributed by atoms with Crippen molar-refractivity contribution >= 4 is 17.9 Å². The lowest BCUT2D eigenvalue weighted by Crippen LogP contribution is -2.30. The second-order valence-electron chi connectivity index (χ2n) is 11.8. The Labute approximate surface area is 253 Å². The van der Waals surface area contributed by atoms with Gasteiger partial charge in [0.1, 0.15) is 13.2 Å². The molecule has 6 heteroatoms. The number of ether oxygens (including phenoxy) is 3. The molecule has 0 N–H and O–H groups in total. The summed E-state index contributed by atoms with van der Waals surface area (Å²) >= 11 is 0. The van der Waals surface area contributed by atoms with Crippen molar-refractivity contribution in [3.05, 3.63) is 0 Å². The summed E-state index contributed by atoms with van der Waals surface area (Å²) in [5.41, 5.74) is 0. The van der Waals surface area contributed by atoms with E-state index >= 15 is 0 Å². The molecule has 0 saturated carbocycles. The van der Waals surface area contributed by atoms with E-state index in [0.717, 1.165) is 38.5 Å². The number of carbonyl (C=O) groups excluding carboxylic acids is 3. The Morgan fingerprint density at radius 3 is 1.07 bits per heavy atom. The fraction of sp³-hybridized carbons (Fsp3) is 0.914. The second-order valence-corrected chi connectivity index (χ2v) is 11.8. The van der Waals surface area contributed by atoms with Gasteiger partial charge in [-0.15, -0.1) is 0 Å². The van der Waals surface area contributed by atoms with E-state index in [9.17, 15) is 14.4 Å². The van der Waals surface area contributed by atoms with Gasteiger partial charge in [0.25, 0.3) is 0 Å². The van der Waals surface area contributed by atoms with Crippen LogP contribution in [0.25, 0.3) is 0 Å². The minimum Gasteiger partial charge on any atom is -0.462 e. The van der Waals surface area contributed by atoms with Crippen LogP contribution >= 0.6 is 0 Å². The van der Waals surface area contributed by atoms with Crippen molar-refractivity contribution in [1.29, 1.82) is 0 Å². The van der Waals surface area contributed by atoms with Gasteiger partial charge >= 0.3 is 17.9 Å². The fourth-order valence-corrected chi connectivity index (χ4v) is 4.95. The van der Waals surface area contributed by atoms with Crippen LogP contribution in [0.2, 0.25) is 0 Å². The maximum Gasteiger partial charge on any atom is 0.306 e. The van der Waals surface area contributed by atoms with E-state index in [1.54, 1.807) is 0 Å². The molecule has 0 aromatic heterocycles. The summed E-state index contributed by atoms with van der Waals surface area (Å²) in [6.07, 6.45) is 27.9. The van der Waals surface area contributed by atoms with Crippen LogP contribution in [0.4, 0.5) is 0 Å². The summed E-state index contributed by atoms with van der Waals surface area (Å²) in [6, 6.07) is 0. The van der Waals surface area contributed by atoms with Gasteiger partial charge in [-0.1, -0.05) is 149 Å². The number of esters is 3. The van der Waals surface area contributed by atoms with Crippen molar-refractivity contribution in [3.8, 4) is 0 Å². The molecule has 242 valence electrons. The molecule has 0 heterocycles. The Kier molecular flexibility index (Phi) is 30.1. The molecular formula is C35H66O6. The summed E-state index contributed by atoms with van der Waals surface area (Å²) in [6.45, 7) is 6.25. The summed E-state index contributed by atoms with van der Waals surface area (Å²) in [4.78, 5) is 36.5. The molecular weight excluding hydrogens is 516 g/mol. The molecule has 0 saturated heterocycles. The minimum atomic E-state index is -0.753. The van der Waals surface area contributed by atoms with E-state index in [4.69, 9.17) is 14.2 Å². The van der Waals surface area contributed by atoms with Gasteiger partial charge < -0.3 is 14.2 Å². The predicted molar refractivity (Wildman–Crippen MR) is 169 cm³/mol. The molecule has 0 radical (unpaired) electrons. The molecule has 0 aromatic carbocycles. The molecule has 0 aliphatic heterocycles. The number of hydrogen-bond acceptors (Lipinski definition) is 6. The lowest BCUT2D eigenvalue weighted by Gasteiger charge is -2.18. The first-order valence-corrected chi connectivity index (χ1v) is 17.5. The van der Waals surface area contributed by atoms with Crippen molar-refractivity contribution < 1.29 is 28.6 Å². The van der Waals surface area contributed by atoms with Crippen LogP contribution < -0.4 is 0 Å². The standard InChI is InChI=1S/C35H66O6/c1-4-7-9-11-13-15-17-19-21-23-25-28-34(37)40-31-32(30-39-33(36)27-6-3)41-35(38)29-26-24-22-20-18-16-14-12-10-8-5-2/h32H,4-31H2,1-3H3/t32-/m0/s1. The van der Waals surface area contributed by atoms with E-state index in [2.05, 4.69) is 13.8 Å². The smallest absolute Gasteiger partial charge is 0.306 e. The Bertz CT molecular complexity index is 605. The molecule has 0 unspecified atom stereocenters. The maximum absolute atomic E-state index is 12.4. The van der Waals surface area contributed by atoms with Crippen LogP contribution in [0.1, 0.15) is 188 Å². The average Bonchev–Trinajstić information content (AvgIpc) is 2.96. The van der Waals surface area contributed by atoms with Gasteiger partial charge in [-0.2, -0.15) is 0 Å². The van der Waals surface area contributed by atoms with Gasteiger partial charge in [0, 0.05) is 19.3 Å². The SMILES string of the molecule is CCCCCCCCCCCCCC(=O)OC[C@H](COC(=O)CCC)OC(=O)CCCCCCCCCCCCC. The van der Waals surface area contributed by atoms with Gasteiger partial charge in [0.15, 0.2) is 6.10 Å². The molecule has 1 atom stereocenters. The highest BCUT2D eigenvalue weighted by atomic mass is 16.6. The highest BCUT2D eigenvalue weighted by Gasteiger charge is 2.19. The van der Waals surface area contributed by atoms with Gasteiger partial charge in [-0.3, -0.25) is 14.4 Å². The first-order chi connectivity index (χ1) is 20.0. The van der Waals surface area contributed by atoms with Gasteiger partial charge in [0.05, 0.1) is 0 Å². The third-order valence-electron chi connectivity index (χ3n) is 7.58. The number of carbonyl (C=O) groups is 3. The summed E-state index contributed by atoms with van der Waals surface area (Å²) < 4.78 is 16.2. The van der Waals surface area contributed by atoms with Crippen LogP contribution in [0.5, 0.6) is 0 Å². The lowest BCUT2D eigenvalue weighted by molar-refractivity contribution is -0.167. The molecule has 0 amide bonds. The van der Waals surface area contributed by atoms with E-state index in [-0.39, 0.29) is 31.1 Å². The maximum atomic E-state index is 12.4. The number of rotatable bonds is 31. The van der Waals surface area contributed by atoms with Crippen molar-refractivity contribution in [2.45, 2.75) is 194 Å². The summed E-state index contributed by atoms with van der Waals surface area (Å²) in [7, 11) is 0. The topological polar surface area (TPSA) is 78.9 Å². The van der Waals surface area contributed by atoms with E-state index < -0.39 is 6.10 Å². The van der Waals surface area contributed by atoms with Gasteiger partial charge in [-0.25, -0.2) is 0 Å².